The molecule has 3 aromatic rings. The summed E-state index contributed by atoms with van der Waals surface area (Å²) in [5.74, 6) is -0.948. The Morgan fingerprint density at radius 2 is 1.81 bits per heavy atom. The number of benzene rings is 1. The topological polar surface area (TPSA) is 95.8 Å². The first kappa shape index (κ1) is 16.6. The third-order valence-electron chi connectivity index (χ3n) is 2.93. The lowest BCUT2D eigenvalue weighted by molar-refractivity contribution is -0.364. The molecule has 0 spiro atoms. The van der Waals surface area contributed by atoms with Gasteiger partial charge in [0.2, 0.25) is 5.69 Å². The zero-order chi connectivity index (χ0) is 13.2. The molecule has 2 heterocycles. The van der Waals surface area contributed by atoms with Crippen LogP contribution < -0.4 is 17.4 Å². The maximum atomic E-state index is 11.4. The van der Waals surface area contributed by atoms with Crippen LogP contribution in [0.2, 0.25) is 0 Å². The van der Waals surface area contributed by atoms with E-state index in [0.717, 1.165) is 5.69 Å². The van der Waals surface area contributed by atoms with Gasteiger partial charge in [-0.1, -0.05) is 18.2 Å². The van der Waals surface area contributed by atoms with Gasteiger partial charge in [0, 0.05) is 17.5 Å². The van der Waals surface area contributed by atoms with E-state index >= 15 is 0 Å². The van der Waals surface area contributed by atoms with E-state index < -0.39 is 5.97 Å². The number of carbonyl (C=O) groups is 1. The SMILES string of the molecule is O.O=C(O)c1cc(-c2cccc[nH+]2)nc2ccccc12.[Cl-]. The normalized spacial score (nSPS) is 9.52. The van der Waals surface area contributed by atoms with Crippen molar-refractivity contribution >= 4 is 16.9 Å². The van der Waals surface area contributed by atoms with Crippen LogP contribution in [0.1, 0.15) is 10.4 Å². The van der Waals surface area contributed by atoms with E-state index in [4.69, 9.17) is 0 Å². The zero-order valence-electron chi connectivity index (χ0n) is 10.9. The highest BCUT2D eigenvalue weighted by molar-refractivity contribution is 6.03. The molecular formula is C15H13ClN2O3. The number of hydrogen-bond acceptors (Lipinski definition) is 2. The fourth-order valence-electron chi connectivity index (χ4n) is 2.04. The molecule has 0 radical (unpaired) electrons. The minimum Gasteiger partial charge on any atom is -1.00 e. The summed E-state index contributed by atoms with van der Waals surface area (Å²) in [6, 6.07) is 14.4. The zero-order valence-corrected chi connectivity index (χ0v) is 11.6. The van der Waals surface area contributed by atoms with E-state index in [0.29, 0.717) is 16.6 Å². The molecule has 0 amide bonds. The minimum atomic E-state index is -0.948. The van der Waals surface area contributed by atoms with Crippen molar-refractivity contribution in [3.05, 3.63) is 60.3 Å². The van der Waals surface area contributed by atoms with Gasteiger partial charge < -0.3 is 23.0 Å². The van der Waals surface area contributed by atoms with Crippen LogP contribution >= 0.6 is 0 Å². The number of pyridine rings is 2. The molecule has 5 nitrogen and oxygen atoms in total. The highest BCUT2D eigenvalue weighted by Gasteiger charge is 2.14. The van der Waals surface area contributed by atoms with Crippen molar-refractivity contribution in [3.63, 3.8) is 0 Å². The summed E-state index contributed by atoms with van der Waals surface area (Å²) < 4.78 is 0. The molecule has 0 saturated heterocycles. The summed E-state index contributed by atoms with van der Waals surface area (Å²) in [7, 11) is 0. The van der Waals surface area contributed by atoms with Crippen LogP contribution in [0.25, 0.3) is 22.3 Å². The average molecular weight is 305 g/mol. The van der Waals surface area contributed by atoms with Crippen molar-refractivity contribution in [2.24, 2.45) is 0 Å². The Balaban J connectivity index is 0.00000110. The second-order valence-corrected chi connectivity index (χ2v) is 4.15. The molecule has 0 unspecified atom stereocenters. The number of fused-ring (bicyclic) bond motifs is 1. The number of aromatic carboxylic acids is 1. The minimum absolute atomic E-state index is 0. The molecule has 0 fully saturated rings. The summed E-state index contributed by atoms with van der Waals surface area (Å²) in [6.07, 6.45) is 1.78. The molecule has 0 aliphatic carbocycles. The number of H-pyrrole nitrogens is 1. The lowest BCUT2D eigenvalue weighted by Gasteiger charge is -2.04. The van der Waals surface area contributed by atoms with Gasteiger partial charge in [-0.15, -0.1) is 0 Å². The van der Waals surface area contributed by atoms with Gasteiger partial charge in [-0.05, 0) is 18.2 Å². The van der Waals surface area contributed by atoms with Crippen molar-refractivity contribution in [2.45, 2.75) is 0 Å². The van der Waals surface area contributed by atoms with Gasteiger partial charge in [-0.3, -0.25) is 0 Å². The van der Waals surface area contributed by atoms with Crippen LogP contribution in [0.15, 0.2) is 54.7 Å². The molecule has 0 aliphatic rings. The van der Waals surface area contributed by atoms with E-state index in [9.17, 15) is 9.90 Å². The third kappa shape index (κ3) is 3.16. The molecule has 108 valence electrons. The number of halogens is 1. The number of hydrogen-bond donors (Lipinski definition) is 1. The number of aromatic nitrogens is 2. The quantitative estimate of drug-likeness (QED) is 0.630. The molecule has 6 heteroatoms. The predicted molar refractivity (Wildman–Crippen MR) is 74.3 cm³/mol. The van der Waals surface area contributed by atoms with Crippen LogP contribution in [0.3, 0.4) is 0 Å². The van der Waals surface area contributed by atoms with Gasteiger partial charge in [-0.25, -0.2) is 14.8 Å². The monoisotopic (exact) mass is 304 g/mol. The molecule has 0 atom stereocenters. The number of carboxylic acids is 1. The van der Waals surface area contributed by atoms with Crippen LogP contribution in [-0.4, -0.2) is 21.5 Å². The van der Waals surface area contributed by atoms with Crippen LogP contribution in [0.4, 0.5) is 0 Å². The summed E-state index contributed by atoms with van der Waals surface area (Å²) in [5.41, 5.74) is 2.35. The summed E-state index contributed by atoms with van der Waals surface area (Å²) >= 11 is 0. The van der Waals surface area contributed by atoms with Crippen molar-refractivity contribution in [3.8, 4) is 11.4 Å². The molecule has 3 rings (SSSR count). The van der Waals surface area contributed by atoms with E-state index in [1.165, 1.54) is 0 Å². The van der Waals surface area contributed by atoms with Crippen molar-refractivity contribution < 1.29 is 32.8 Å². The Bertz CT molecular complexity index is 763. The lowest BCUT2D eigenvalue weighted by Crippen LogP contribution is -3.00. The Labute approximate surface area is 127 Å². The first-order valence-corrected chi connectivity index (χ1v) is 5.86. The molecule has 0 saturated carbocycles. The van der Waals surface area contributed by atoms with E-state index in [1.807, 2.05) is 36.4 Å². The second kappa shape index (κ2) is 6.78. The molecule has 2 aromatic heterocycles. The lowest BCUT2D eigenvalue weighted by atomic mass is 10.1. The van der Waals surface area contributed by atoms with Crippen molar-refractivity contribution in [1.29, 1.82) is 0 Å². The van der Waals surface area contributed by atoms with E-state index in [-0.39, 0.29) is 23.4 Å². The summed E-state index contributed by atoms with van der Waals surface area (Å²) in [4.78, 5) is 18.9. The third-order valence-corrected chi connectivity index (χ3v) is 2.93. The Morgan fingerprint density at radius 3 is 2.48 bits per heavy atom. The van der Waals surface area contributed by atoms with Gasteiger partial charge in [0.1, 0.15) is 5.69 Å². The number of rotatable bonds is 2. The van der Waals surface area contributed by atoms with Gasteiger partial charge in [0.25, 0.3) is 0 Å². The number of nitrogens with zero attached hydrogens (tertiary/aromatic N) is 1. The Hall–Kier alpha value is -2.50. The molecule has 21 heavy (non-hydrogen) atoms. The number of aromatic amines is 1. The van der Waals surface area contributed by atoms with Gasteiger partial charge in [-0.2, -0.15) is 0 Å². The molecule has 0 aliphatic heterocycles. The van der Waals surface area contributed by atoms with Crippen LogP contribution in [-0.2, 0) is 0 Å². The molecular weight excluding hydrogens is 292 g/mol. The van der Waals surface area contributed by atoms with Crippen molar-refractivity contribution in [2.75, 3.05) is 0 Å². The Kier molecular flexibility index (Phi) is 5.35. The van der Waals surface area contributed by atoms with E-state index in [1.54, 1.807) is 18.3 Å². The Morgan fingerprint density at radius 1 is 1.10 bits per heavy atom. The van der Waals surface area contributed by atoms with Gasteiger partial charge in [0.15, 0.2) is 6.20 Å². The van der Waals surface area contributed by atoms with Gasteiger partial charge in [0.05, 0.1) is 11.1 Å². The first-order valence-electron chi connectivity index (χ1n) is 5.86. The smallest absolute Gasteiger partial charge is 0.336 e. The first-order chi connectivity index (χ1) is 9.25. The highest BCUT2D eigenvalue weighted by atomic mass is 35.5. The standard InChI is InChI=1S/C15H10N2O2.ClH.H2O/c18-15(19)11-9-14(13-7-3-4-8-16-13)17-12-6-2-1-5-10(11)12;;/h1-9H,(H,18,19);1H;1H2. The fourth-order valence-corrected chi connectivity index (χ4v) is 2.04. The maximum Gasteiger partial charge on any atom is 0.336 e. The summed E-state index contributed by atoms with van der Waals surface area (Å²) in [5, 5.41) is 9.96. The largest absolute Gasteiger partial charge is 1.00 e. The number of carboxylic acid groups (broad SMARTS) is 1. The number of nitrogens with one attached hydrogen (secondary N) is 1. The second-order valence-electron chi connectivity index (χ2n) is 4.15. The fraction of sp³-hybridized carbons (Fsp3) is 0. The highest BCUT2D eigenvalue weighted by Crippen LogP contribution is 2.22. The average Bonchev–Trinajstić information content (AvgIpc) is 2.47. The molecule has 0 bridgehead atoms. The van der Waals surface area contributed by atoms with Crippen molar-refractivity contribution in [1.82, 2.24) is 4.98 Å². The predicted octanol–water partition coefficient (Wildman–Crippen LogP) is -1.41. The van der Waals surface area contributed by atoms with Crippen LogP contribution in [0.5, 0.6) is 0 Å². The number of para-hydroxylation sites is 1. The summed E-state index contributed by atoms with van der Waals surface area (Å²) in [6.45, 7) is 0. The molecule has 1 aromatic carbocycles. The van der Waals surface area contributed by atoms with E-state index in [2.05, 4.69) is 9.97 Å². The molecule has 4 N–H and O–H groups in total. The maximum absolute atomic E-state index is 11.4. The van der Waals surface area contributed by atoms with Gasteiger partial charge >= 0.3 is 5.97 Å². The van der Waals surface area contributed by atoms with Crippen LogP contribution in [0, 0.1) is 0 Å².